The fourth-order valence-electron chi connectivity index (χ4n) is 2.37. The molecule has 0 saturated carbocycles. The van der Waals surface area contributed by atoms with Gasteiger partial charge in [-0.15, -0.1) is 0 Å². The third-order valence-electron chi connectivity index (χ3n) is 3.75. The highest BCUT2D eigenvalue weighted by Crippen LogP contribution is 2.34. The Morgan fingerprint density at radius 3 is 2.50 bits per heavy atom. The quantitative estimate of drug-likeness (QED) is 0.929. The lowest BCUT2D eigenvalue weighted by molar-refractivity contribution is -0.118. The molecule has 1 amide bonds. The van der Waals surface area contributed by atoms with Crippen LogP contribution in [-0.4, -0.2) is 19.3 Å². The second-order valence-electron chi connectivity index (χ2n) is 6.68. The van der Waals surface area contributed by atoms with E-state index in [0.29, 0.717) is 22.9 Å². The van der Waals surface area contributed by atoms with E-state index < -0.39 is 0 Å². The third-order valence-corrected chi connectivity index (χ3v) is 3.75. The molecule has 0 saturated heterocycles. The van der Waals surface area contributed by atoms with Crippen molar-refractivity contribution in [2.75, 3.05) is 18.7 Å². The minimum absolute atomic E-state index is 0.0523. The normalized spacial score (nSPS) is 12.8. The smallest absolute Gasteiger partial charge is 0.262 e. The Labute approximate surface area is 141 Å². The molecule has 2 aromatic carbocycles. The number of nitrogens with one attached hydrogen (secondary N) is 1. The summed E-state index contributed by atoms with van der Waals surface area (Å²) in [6.45, 7) is 6.62. The van der Waals surface area contributed by atoms with Crippen LogP contribution in [0.5, 0.6) is 17.2 Å². The molecule has 126 valence electrons. The van der Waals surface area contributed by atoms with Crippen LogP contribution in [0.25, 0.3) is 0 Å². The monoisotopic (exact) mass is 327 g/mol. The minimum atomic E-state index is -0.228. The van der Waals surface area contributed by atoms with E-state index in [9.17, 15) is 4.79 Å². The van der Waals surface area contributed by atoms with Crippen molar-refractivity contribution in [3.63, 3.8) is 0 Å². The molecule has 0 fully saturated rings. The lowest BCUT2D eigenvalue weighted by Crippen LogP contribution is -2.20. The van der Waals surface area contributed by atoms with Crippen molar-refractivity contribution >= 4 is 11.6 Å². The zero-order chi connectivity index (χ0) is 17.2. The van der Waals surface area contributed by atoms with E-state index in [1.807, 2.05) is 24.3 Å². The molecule has 3 rings (SSSR count). The summed E-state index contributed by atoms with van der Waals surface area (Å²) in [5.74, 6) is 1.76. The van der Waals surface area contributed by atoms with Gasteiger partial charge in [0.25, 0.3) is 5.91 Å². The van der Waals surface area contributed by atoms with E-state index >= 15 is 0 Å². The molecule has 0 aliphatic carbocycles. The maximum Gasteiger partial charge on any atom is 0.262 e. The van der Waals surface area contributed by atoms with Gasteiger partial charge in [-0.1, -0.05) is 32.9 Å². The lowest BCUT2D eigenvalue weighted by atomic mass is 9.87. The molecule has 1 aliphatic rings. The van der Waals surface area contributed by atoms with E-state index in [2.05, 4.69) is 26.1 Å². The van der Waals surface area contributed by atoms with Crippen LogP contribution in [0.15, 0.2) is 42.5 Å². The Morgan fingerprint density at radius 2 is 1.79 bits per heavy atom. The van der Waals surface area contributed by atoms with Crippen LogP contribution in [0.4, 0.5) is 5.69 Å². The highest BCUT2D eigenvalue weighted by molar-refractivity contribution is 5.92. The van der Waals surface area contributed by atoms with Crippen molar-refractivity contribution in [1.82, 2.24) is 0 Å². The Morgan fingerprint density at radius 1 is 1.08 bits per heavy atom. The molecule has 0 bridgehead atoms. The molecule has 0 spiro atoms. The molecule has 1 aliphatic heterocycles. The van der Waals surface area contributed by atoms with E-state index in [0.717, 1.165) is 0 Å². The number of benzene rings is 2. The average molecular weight is 327 g/mol. The Kier molecular flexibility index (Phi) is 4.34. The summed E-state index contributed by atoms with van der Waals surface area (Å²) in [5, 5.41) is 2.78. The maximum absolute atomic E-state index is 12.0. The molecule has 0 radical (unpaired) electrons. The van der Waals surface area contributed by atoms with Gasteiger partial charge < -0.3 is 19.5 Å². The van der Waals surface area contributed by atoms with Crippen LogP contribution < -0.4 is 19.5 Å². The zero-order valence-electron chi connectivity index (χ0n) is 14.1. The van der Waals surface area contributed by atoms with Crippen LogP contribution in [0, 0.1) is 0 Å². The van der Waals surface area contributed by atoms with Gasteiger partial charge in [0.05, 0.1) is 0 Å². The van der Waals surface area contributed by atoms with Crippen molar-refractivity contribution in [2.24, 2.45) is 0 Å². The topological polar surface area (TPSA) is 56.8 Å². The average Bonchev–Trinajstić information content (AvgIpc) is 3.00. The summed E-state index contributed by atoms with van der Waals surface area (Å²) in [5.41, 5.74) is 1.96. The number of hydrogen-bond donors (Lipinski definition) is 1. The molecular weight excluding hydrogens is 306 g/mol. The molecule has 1 N–H and O–H groups in total. The van der Waals surface area contributed by atoms with Gasteiger partial charge in [0.1, 0.15) is 5.75 Å². The Balaban J connectivity index is 1.54. The number of hydrogen-bond acceptors (Lipinski definition) is 4. The van der Waals surface area contributed by atoms with Crippen LogP contribution in [0.3, 0.4) is 0 Å². The lowest BCUT2D eigenvalue weighted by Gasteiger charge is -2.19. The number of carbonyl (C=O) groups is 1. The van der Waals surface area contributed by atoms with Crippen molar-refractivity contribution in [2.45, 2.75) is 26.2 Å². The zero-order valence-corrected chi connectivity index (χ0v) is 14.1. The van der Waals surface area contributed by atoms with Gasteiger partial charge in [0, 0.05) is 11.8 Å². The third kappa shape index (κ3) is 3.79. The van der Waals surface area contributed by atoms with Gasteiger partial charge in [-0.05, 0) is 35.2 Å². The first-order valence-corrected chi connectivity index (χ1v) is 7.85. The maximum atomic E-state index is 12.0. The molecule has 1 heterocycles. The molecule has 2 aromatic rings. The van der Waals surface area contributed by atoms with Gasteiger partial charge in [-0.2, -0.15) is 0 Å². The Hall–Kier alpha value is -2.69. The molecule has 0 atom stereocenters. The molecule has 0 unspecified atom stereocenters. The second-order valence-corrected chi connectivity index (χ2v) is 6.68. The first-order chi connectivity index (χ1) is 11.4. The minimum Gasteiger partial charge on any atom is -0.484 e. The molecule has 5 nitrogen and oxygen atoms in total. The summed E-state index contributed by atoms with van der Waals surface area (Å²) >= 11 is 0. The number of ether oxygens (including phenoxy) is 3. The van der Waals surface area contributed by atoms with E-state index in [1.54, 1.807) is 18.2 Å². The molecule has 0 aromatic heterocycles. The van der Waals surface area contributed by atoms with Gasteiger partial charge in [0.15, 0.2) is 18.1 Å². The number of amides is 1. The van der Waals surface area contributed by atoms with Crippen molar-refractivity contribution in [3.05, 3.63) is 48.0 Å². The Bertz CT molecular complexity index is 732. The van der Waals surface area contributed by atoms with Gasteiger partial charge in [-0.3, -0.25) is 4.79 Å². The summed E-state index contributed by atoms with van der Waals surface area (Å²) in [6, 6.07) is 13.1. The van der Waals surface area contributed by atoms with E-state index in [4.69, 9.17) is 14.2 Å². The predicted octanol–water partition coefficient (Wildman–Crippen LogP) is 3.73. The second kappa shape index (κ2) is 6.43. The summed E-state index contributed by atoms with van der Waals surface area (Å²) in [4.78, 5) is 12.0. The van der Waals surface area contributed by atoms with Crippen LogP contribution in [0.2, 0.25) is 0 Å². The number of carbonyl (C=O) groups excluding carboxylic acids is 1. The van der Waals surface area contributed by atoms with Crippen molar-refractivity contribution in [3.8, 4) is 17.2 Å². The van der Waals surface area contributed by atoms with Crippen LogP contribution >= 0.6 is 0 Å². The van der Waals surface area contributed by atoms with Crippen molar-refractivity contribution < 1.29 is 19.0 Å². The molecule has 5 heteroatoms. The number of rotatable bonds is 4. The largest absolute Gasteiger partial charge is 0.484 e. The molecule has 24 heavy (non-hydrogen) atoms. The summed E-state index contributed by atoms with van der Waals surface area (Å²) in [7, 11) is 0. The van der Waals surface area contributed by atoms with Crippen molar-refractivity contribution in [1.29, 1.82) is 0 Å². The highest BCUT2D eigenvalue weighted by atomic mass is 16.7. The molecular formula is C19H21NO4. The van der Waals surface area contributed by atoms with Crippen LogP contribution in [-0.2, 0) is 10.2 Å². The van der Waals surface area contributed by atoms with Gasteiger partial charge in [0.2, 0.25) is 6.79 Å². The SMILES string of the molecule is CC(C)(C)c1ccc(OCC(=O)Nc2ccc3c(c2)OCO3)cc1. The van der Waals surface area contributed by atoms with Gasteiger partial charge in [-0.25, -0.2) is 0 Å². The standard InChI is InChI=1S/C19H21NO4/c1-19(2,3)13-4-7-15(8-5-13)22-11-18(21)20-14-6-9-16-17(10-14)24-12-23-16/h4-10H,11-12H2,1-3H3,(H,20,21). The predicted molar refractivity (Wildman–Crippen MR) is 91.8 cm³/mol. The highest BCUT2D eigenvalue weighted by Gasteiger charge is 2.15. The van der Waals surface area contributed by atoms with E-state index in [-0.39, 0.29) is 24.7 Å². The summed E-state index contributed by atoms with van der Waals surface area (Å²) in [6.07, 6.45) is 0. The number of anilines is 1. The fraction of sp³-hybridized carbons (Fsp3) is 0.316. The van der Waals surface area contributed by atoms with Crippen LogP contribution in [0.1, 0.15) is 26.3 Å². The number of fused-ring (bicyclic) bond motifs is 1. The van der Waals surface area contributed by atoms with E-state index in [1.165, 1.54) is 5.56 Å². The summed E-state index contributed by atoms with van der Waals surface area (Å²) < 4.78 is 16.1. The first kappa shape index (κ1) is 16.2. The van der Waals surface area contributed by atoms with Gasteiger partial charge >= 0.3 is 0 Å². The fourth-order valence-corrected chi connectivity index (χ4v) is 2.37. The first-order valence-electron chi connectivity index (χ1n) is 7.85.